The van der Waals surface area contributed by atoms with Gasteiger partial charge in [0.15, 0.2) is 0 Å². The first kappa shape index (κ1) is 16.6. The fourth-order valence-electron chi connectivity index (χ4n) is 1.64. The lowest BCUT2D eigenvalue weighted by Crippen LogP contribution is -2.37. The second-order valence-corrected chi connectivity index (χ2v) is 6.11. The van der Waals surface area contributed by atoms with Crippen molar-refractivity contribution in [3.05, 3.63) is 35.9 Å². The normalized spacial score (nSPS) is 13.5. The van der Waals surface area contributed by atoms with E-state index in [2.05, 4.69) is 5.32 Å². The molecule has 0 spiro atoms. The zero-order valence-electron chi connectivity index (χ0n) is 11.8. The molecule has 0 fully saturated rings. The van der Waals surface area contributed by atoms with Crippen LogP contribution in [0.2, 0.25) is 0 Å². The molecule has 1 aromatic carbocycles. The number of amides is 1. The predicted octanol–water partition coefficient (Wildman–Crippen LogP) is 2.68. The molecule has 5 heteroatoms. The van der Waals surface area contributed by atoms with Crippen molar-refractivity contribution in [1.29, 1.82) is 0 Å². The highest BCUT2D eigenvalue weighted by atomic mass is 32.2. The summed E-state index contributed by atoms with van der Waals surface area (Å²) >= 11 is 1.58. The van der Waals surface area contributed by atoms with Gasteiger partial charge in [-0.15, -0.1) is 11.8 Å². The molecule has 2 atom stereocenters. The Labute approximate surface area is 124 Å². The smallest absolute Gasteiger partial charge is 0.303 e. The highest BCUT2D eigenvalue weighted by molar-refractivity contribution is 7.99. The topological polar surface area (TPSA) is 66.4 Å². The first-order valence-corrected chi connectivity index (χ1v) is 7.71. The largest absolute Gasteiger partial charge is 0.481 e. The molecule has 0 aliphatic rings. The third kappa shape index (κ3) is 6.61. The maximum absolute atomic E-state index is 11.9. The third-order valence-corrected chi connectivity index (χ3v) is 4.11. The van der Waals surface area contributed by atoms with Crippen molar-refractivity contribution >= 4 is 23.6 Å². The molecule has 0 bridgehead atoms. The zero-order valence-corrected chi connectivity index (χ0v) is 12.7. The van der Waals surface area contributed by atoms with Gasteiger partial charge in [-0.1, -0.05) is 30.3 Å². The van der Waals surface area contributed by atoms with E-state index in [4.69, 9.17) is 5.11 Å². The number of nitrogens with one attached hydrogen (secondary N) is 1. The Hall–Kier alpha value is -1.49. The summed E-state index contributed by atoms with van der Waals surface area (Å²) in [5.41, 5.74) is 1.19. The van der Waals surface area contributed by atoms with Crippen LogP contribution >= 0.6 is 11.8 Å². The van der Waals surface area contributed by atoms with Crippen LogP contribution in [-0.4, -0.2) is 28.3 Å². The van der Waals surface area contributed by atoms with Crippen molar-refractivity contribution in [2.45, 2.75) is 43.7 Å². The van der Waals surface area contributed by atoms with E-state index >= 15 is 0 Å². The average molecular weight is 295 g/mol. The van der Waals surface area contributed by atoms with Gasteiger partial charge in [-0.05, 0) is 25.8 Å². The highest BCUT2D eigenvalue weighted by Crippen LogP contribution is 2.17. The van der Waals surface area contributed by atoms with Crippen LogP contribution in [0.4, 0.5) is 0 Å². The molecule has 0 radical (unpaired) electrons. The Balaban J connectivity index is 2.30. The minimum atomic E-state index is -0.836. The van der Waals surface area contributed by atoms with Gasteiger partial charge >= 0.3 is 5.97 Å². The summed E-state index contributed by atoms with van der Waals surface area (Å²) in [7, 11) is 0. The van der Waals surface area contributed by atoms with Crippen molar-refractivity contribution in [2.24, 2.45) is 0 Å². The minimum Gasteiger partial charge on any atom is -0.481 e. The van der Waals surface area contributed by atoms with E-state index in [9.17, 15) is 9.59 Å². The van der Waals surface area contributed by atoms with E-state index in [-0.39, 0.29) is 23.6 Å². The molecule has 0 aromatic heterocycles. The van der Waals surface area contributed by atoms with Crippen molar-refractivity contribution in [3.63, 3.8) is 0 Å². The van der Waals surface area contributed by atoms with Crippen LogP contribution in [0, 0.1) is 0 Å². The summed E-state index contributed by atoms with van der Waals surface area (Å²) in [6.45, 7) is 3.70. The Bertz CT molecular complexity index is 436. The molecule has 4 nitrogen and oxygen atoms in total. The molecule has 1 aromatic rings. The fourth-order valence-corrected chi connectivity index (χ4v) is 2.50. The number of rotatable bonds is 8. The predicted molar refractivity (Wildman–Crippen MR) is 81.7 cm³/mol. The molecular weight excluding hydrogens is 274 g/mol. The monoisotopic (exact) mass is 295 g/mol. The third-order valence-electron chi connectivity index (χ3n) is 2.89. The van der Waals surface area contributed by atoms with Crippen LogP contribution in [0.25, 0.3) is 0 Å². The molecule has 0 saturated carbocycles. The second kappa shape index (κ2) is 8.64. The lowest BCUT2D eigenvalue weighted by molar-refractivity contribution is -0.137. The molecule has 110 valence electrons. The number of carboxylic acid groups (broad SMARTS) is 1. The second-order valence-electron chi connectivity index (χ2n) is 4.78. The van der Waals surface area contributed by atoms with Crippen molar-refractivity contribution in [3.8, 4) is 0 Å². The van der Waals surface area contributed by atoms with E-state index in [0.717, 1.165) is 5.75 Å². The number of carboxylic acids is 1. The van der Waals surface area contributed by atoms with Gasteiger partial charge in [-0.25, -0.2) is 0 Å². The van der Waals surface area contributed by atoms with Gasteiger partial charge in [0.05, 0.1) is 5.25 Å². The summed E-state index contributed by atoms with van der Waals surface area (Å²) in [4.78, 5) is 22.4. The van der Waals surface area contributed by atoms with Gasteiger partial charge in [0.1, 0.15) is 0 Å². The van der Waals surface area contributed by atoms with Gasteiger partial charge < -0.3 is 10.4 Å². The standard InChI is InChI=1S/C15H21NO3S/c1-11(8-9-14(17)18)16-15(19)12(2)20-10-13-6-4-3-5-7-13/h3-7,11-12H,8-10H2,1-2H3,(H,16,19)(H,17,18). The van der Waals surface area contributed by atoms with Crippen molar-refractivity contribution in [1.82, 2.24) is 5.32 Å². The quantitative estimate of drug-likeness (QED) is 0.774. The molecule has 0 saturated heterocycles. The lowest BCUT2D eigenvalue weighted by Gasteiger charge is -2.16. The zero-order chi connectivity index (χ0) is 15.0. The number of hydrogen-bond acceptors (Lipinski definition) is 3. The maximum Gasteiger partial charge on any atom is 0.303 e. The number of carbonyl (C=O) groups excluding carboxylic acids is 1. The van der Waals surface area contributed by atoms with E-state index in [1.54, 1.807) is 11.8 Å². The Morgan fingerprint density at radius 1 is 1.25 bits per heavy atom. The van der Waals surface area contributed by atoms with Gasteiger partial charge in [-0.3, -0.25) is 9.59 Å². The minimum absolute atomic E-state index is 0.0381. The van der Waals surface area contributed by atoms with E-state index in [0.29, 0.717) is 6.42 Å². The van der Waals surface area contributed by atoms with Crippen LogP contribution < -0.4 is 5.32 Å². The molecule has 1 rings (SSSR count). The number of thioether (sulfide) groups is 1. The Kier molecular flexibility index (Phi) is 7.15. The molecule has 20 heavy (non-hydrogen) atoms. The summed E-state index contributed by atoms with van der Waals surface area (Å²) in [6, 6.07) is 9.89. The van der Waals surface area contributed by atoms with E-state index < -0.39 is 5.97 Å². The molecule has 1 amide bonds. The van der Waals surface area contributed by atoms with Gasteiger partial charge in [0, 0.05) is 18.2 Å². The molecule has 0 heterocycles. The average Bonchev–Trinajstić information content (AvgIpc) is 2.43. The number of aliphatic carboxylic acids is 1. The summed E-state index contributed by atoms with van der Waals surface area (Å²) in [6.07, 6.45) is 0.532. The fraction of sp³-hybridized carbons (Fsp3) is 0.467. The first-order chi connectivity index (χ1) is 9.49. The summed E-state index contributed by atoms with van der Waals surface area (Å²) < 4.78 is 0. The van der Waals surface area contributed by atoms with Crippen molar-refractivity contribution < 1.29 is 14.7 Å². The lowest BCUT2D eigenvalue weighted by atomic mass is 10.2. The molecule has 0 aliphatic heterocycles. The molecule has 0 aliphatic carbocycles. The van der Waals surface area contributed by atoms with Gasteiger partial charge in [0.2, 0.25) is 5.91 Å². The first-order valence-electron chi connectivity index (χ1n) is 6.66. The maximum atomic E-state index is 11.9. The number of hydrogen-bond donors (Lipinski definition) is 2. The molecular formula is C15H21NO3S. The number of carbonyl (C=O) groups is 2. The number of benzene rings is 1. The SMILES string of the molecule is CC(CCC(=O)O)NC(=O)C(C)SCc1ccccc1. The Morgan fingerprint density at radius 3 is 2.50 bits per heavy atom. The van der Waals surface area contributed by atoms with Crippen LogP contribution in [0.5, 0.6) is 0 Å². The molecule has 2 N–H and O–H groups in total. The van der Waals surface area contributed by atoms with Crippen LogP contribution in [0.15, 0.2) is 30.3 Å². The Morgan fingerprint density at radius 2 is 1.90 bits per heavy atom. The highest BCUT2D eigenvalue weighted by Gasteiger charge is 2.16. The van der Waals surface area contributed by atoms with Crippen molar-refractivity contribution in [2.75, 3.05) is 0 Å². The van der Waals surface area contributed by atoms with Crippen LogP contribution in [0.1, 0.15) is 32.3 Å². The summed E-state index contributed by atoms with van der Waals surface area (Å²) in [5, 5.41) is 11.3. The molecule has 2 unspecified atom stereocenters. The van der Waals surface area contributed by atoms with Gasteiger partial charge in [0.25, 0.3) is 0 Å². The summed E-state index contributed by atoms with van der Waals surface area (Å²) in [5.74, 6) is -0.0831. The van der Waals surface area contributed by atoms with Gasteiger partial charge in [-0.2, -0.15) is 0 Å². The van der Waals surface area contributed by atoms with E-state index in [1.807, 2.05) is 44.2 Å². The van der Waals surface area contributed by atoms with E-state index in [1.165, 1.54) is 5.56 Å². The van der Waals surface area contributed by atoms with Crippen LogP contribution in [-0.2, 0) is 15.3 Å². The van der Waals surface area contributed by atoms with Crippen LogP contribution in [0.3, 0.4) is 0 Å².